The van der Waals surface area contributed by atoms with E-state index in [1.807, 2.05) is 32.4 Å². The molecule has 0 spiro atoms. The zero-order chi connectivity index (χ0) is 17.3. The molecule has 2 rings (SSSR count). The molecule has 0 aliphatic carbocycles. The van der Waals surface area contributed by atoms with E-state index >= 15 is 0 Å². The van der Waals surface area contributed by atoms with Crippen molar-refractivity contribution in [2.24, 2.45) is 0 Å². The number of nitrogens with two attached hydrogens (primary N) is 1. The highest BCUT2D eigenvalue weighted by molar-refractivity contribution is 5.88. The van der Waals surface area contributed by atoms with Gasteiger partial charge in [-0.1, -0.05) is 20.8 Å². The summed E-state index contributed by atoms with van der Waals surface area (Å²) in [4.78, 5) is 8.79. The highest BCUT2D eigenvalue weighted by Crippen LogP contribution is 2.24. The first kappa shape index (κ1) is 20.2. The molecule has 2 aromatic heterocycles. The molecular weight excluding hydrogens is 278 g/mol. The average Bonchev–Trinajstić information content (AvgIpc) is 2.83. The topological polar surface area (TPSA) is 89.0 Å². The van der Waals surface area contributed by atoms with Crippen molar-refractivity contribution in [1.29, 1.82) is 0 Å². The number of pyridine rings is 1. The van der Waals surface area contributed by atoms with E-state index in [9.17, 15) is 0 Å². The number of aryl methyl sites for hydroxylation is 3. The van der Waals surface area contributed by atoms with Crippen LogP contribution in [0.5, 0.6) is 0 Å². The van der Waals surface area contributed by atoms with Crippen molar-refractivity contribution in [3.8, 4) is 0 Å². The molecule has 0 unspecified atom stereocenters. The predicted molar refractivity (Wildman–Crippen MR) is 94.8 cm³/mol. The van der Waals surface area contributed by atoms with Gasteiger partial charge >= 0.3 is 0 Å². The van der Waals surface area contributed by atoms with Crippen LogP contribution < -0.4 is 11.2 Å². The van der Waals surface area contributed by atoms with Crippen molar-refractivity contribution in [1.82, 2.24) is 14.6 Å². The van der Waals surface area contributed by atoms with Gasteiger partial charge in [0.05, 0.1) is 5.52 Å². The molecule has 0 aliphatic heterocycles. The van der Waals surface area contributed by atoms with Gasteiger partial charge in [0.1, 0.15) is 11.3 Å². The second-order valence-corrected chi connectivity index (χ2v) is 4.62. The minimum atomic E-state index is 0.250. The highest BCUT2D eigenvalue weighted by Gasteiger charge is 2.14. The second kappa shape index (κ2) is 10.00. The molecule has 0 aromatic carbocycles. The Bertz CT molecular complexity index is 578. The second-order valence-electron chi connectivity index (χ2n) is 4.62. The Balaban J connectivity index is 0.000000789. The van der Waals surface area contributed by atoms with Crippen LogP contribution in [0.15, 0.2) is 0 Å². The van der Waals surface area contributed by atoms with E-state index < -0.39 is 0 Å². The number of rotatable bonds is 3. The minimum Gasteiger partial charge on any atom is -0.397 e. The van der Waals surface area contributed by atoms with Crippen LogP contribution in [0, 0.1) is 20.8 Å². The van der Waals surface area contributed by atoms with Crippen LogP contribution in [0.2, 0.25) is 0 Å². The lowest BCUT2D eigenvalue weighted by molar-refractivity contribution is 0.318. The molecule has 0 atom stereocenters. The summed E-state index contributed by atoms with van der Waals surface area (Å²) in [5.41, 5.74) is 13.2. The fourth-order valence-corrected chi connectivity index (χ4v) is 1.96. The van der Waals surface area contributed by atoms with Gasteiger partial charge in [0.15, 0.2) is 5.82 Å². The minimum absolute atomic E-state index is 0.250. The number of anilines is 1. The third-order valence-corrected chi connectivity index (χ3v) is 2.99. The maximum absolute atomic E-state index is 7.57. The van der Waals surface area contributed by atoms with Crippen LogP contribution in [0.3, 0.4) is 0 Å². The van der Waals surface area contributed by atoms with E-state index in [-0.39, 0.29) is 6.61 Å². The van der Waals surface area contributed by atoms with Gasteiger partial charge < -0.3 is 16.3 Å². The Labute approximate surface area is 133 Å². The summed E-state index contributed by atoms with van der Waals surface area (Å²) < 4.78 is 2.01. The Morgan fingerprint density at radius 3 is 2.18 bits per heavy atom. The number of imidazole rings is 1. The summed E-state index contributed by atoms with van der Waals surface area (Å²) in [5, 5.41) is 7.57. The normalized spacial score (nSPS) is 9.64. The molecule has 2 heterocycles. The summed E-state index contributed by atoms with van der Waals surface area (Å²) in [7, 11) is 0. The molecule has 4 N–H and O–H groups in total. The van der Waals surface area contributed by atoms with Crippen LogP contribution in [-0.2, 0) is 0 Å². The number of aromatic nitrogens is 3. The van der Waals surface area contributed by atoms with Crippen molar-refractivity contribution in [3.05, 3.63) is 17.1 Å². The summed E-state index contributed by atoms with van der Waals surface area (Å²) in [6.07, 6.45) is 1.07. The number of nitrogens with one attached hydrogen (secondary N) is 1. The van der Waals surface area contributed by atoms with Crippen molar-refractivity contribution < 1.29 is 5.11 Å². The van der Waals surface area contributed by atoms with Crippen molar-refractivity contribution in [2.45, 2.75) is 54.9 Å². The van der Waals surface area contributed by atoms with Gasteiger partial charge in [0, 0.05) is 18.8 Å². The Morgan fingerprint density at radius 1 is 1.14 bits per heavy atom. The molecule has 0 aliphatic rings. The van der Waals surface area contributed by atoms with Gasteiger partial charge in [-0.3, -0.25) is 0 Å². The number of nitrogens with zero attached hydrogens (tertiary/aromatic N) is 3. The number of fused-ring (bicyclic) bond motifs is 1. The molecule has 22 heavy (non-hydrogen) atoms. The molecular formula is C16H31N5O. The van der Waals surface area contributed by atoms with Crippen molar-refractivity contribution in [2.75, 3.05) is 24.3 Å². The van der Waals surface area contributed by atoms with Crippen LogP contribution >= 0.6 is 0 Å². The molecule has 2 aromatic rings. The molecule has 0 bridgehead atoms. The molecule has 0 radical (unpaired) electrons. The molecule has 0 amide bonds. The van der Waals surface area contributed by atoms with Crippen LogP contribution in [0.4, 0.5) is 5.82 Å². The van der Waals surface area contributed by atoms with Gasteiger partial charge in [-0.25, -0.2) is 14.6 Å². The smallest absolute Gasteiger partial charge is 0.151 e. The lowest BCUT2D eigenvalue weighted by atomic mass is 10.2. The van der Waals surface area contributed by atoms with E-state index in [0.717, 1.165) is 41.1 Å². The number of aliphatic hydroxyl groups excluding tert-OH is 1. The predicted octanol–water partition coefficient (Wildman–Crippen LogP) is 2.92. The van der Waals surface area contributed by atoms with Crippen LogP contribution in [-0.4, -0.2) is 32.9 Å². The first-order valence-corrected chi connectivity index (χ1v) is 7.94. The van der Waals surface area contributed by atoms with Gasteiger partial charge in [0.2, 0.25) is 0 Å². The quantitative estimate of drug-likeness (QED) is 0.811. The van der Waals surface area contributed by atoms with E-state index in [0.29, 0.717) is 5.82 Å². The molecule has 6 heteroatoms. The Hall–Kier alpha value is -1.82. The van der Waals surface area contributed by atoms with Crippen LogP contribution in [0.25, 0.3) is 11.0 Å². The number of hydrogen-bond acceptors (Lipinski definition) is 5. The first-order valence-electron chi connectivity index (χ1n) is 7.94. The summed E-state index contributed by atoms with van der Waals surface area (Å²) in [6, 6.07) is 0. The van der Waals surface area contributed by atoms with E-state index in [1.165, 1.54) is 0 Å². The lowest BCUT2D eigenvalue weighted by Gasteiger charge is -2.11. The Morgan fingerprint density at radius 2 is 1.68 bits per heavy atom. The average molecular weight is 309 g/mol. The molecule has 0 saturated heterocycles. The SMILES string of the molecule is CC.CCCNn1c(C)nc2c(N)nc(C)c(C)c21.CCO. The van der Waals surface area contributed by atoms with Gasteiger partial charge in [0.25, 0.3) is 0 Å². The highest BCUT2D eigenvalue weighted by atomic mass is 16.2. The van der Waals surface area contributed by atoms with Gasteiger partial charge in [-0.2, -0.15) is 0 Å². The van der Waals surface area contributed by atoms with E-state index in [2.05, 4.69) is 29.2 Å². The third kappa shape index (κ3) is 4.59. The van der Waals surface area contributed by atoms with Crippen molar-refractivity contribution >= 4 is 16.9 Å². The van der Waals surface area contributed by atoms with Gasteiger partial charge in [-0.05, 0) is 39.7 Å². The number of hydrogen-bond donors (Lipinski definition) is 3. The van der Waals surface area contributed by atoms with E-state index in [4.69, 9.17) is 10.8 Å². The zero-order valence-corrected chi connectivity index (χ0v) is 15.0. The lowest BCUT2D eigenvalue weighted by Crippen LogP contribution is -2.17. The molecule has 126 valence electrons. The summed E-state index contributed by atoms with van der Waals surface area (Å²) in [5.74, 6) is 1.42. The fourth-order valence-electron chi connectivity index (χ4n) is 1.96. The fraction of sp³-hybridized carbons (Fsp3) is 0.625. The third-order valence-electron chi connectivity index (χ3n) is 2.99. The monoisotopic (exact) mass is 309 g/mol. The standard InChI is InChI=1S/C12H19N5.C2H6O.C2H6/c1-5-6-14-17-9(4)16-10-11(17)7(2)8(3)15-12(10)13;1-2-3;1-2/h14H,5-6H2,1-4H3,(H2,13,15);3H,2H2,1H3;1-2H3. The molecule has 6 nitrogen and oxygen atoms in total. The molecule has 0 saturated carbocycles. The van der Waals surface area contributed by atoms with Crippen molar-refractivity contribution in [3.63, 3.8) is 0 Å². The maximum atomic E-state index is 7.57. The van der Waals surface area contributed by atoms with Gasteiger partial charge in [-0.15, -0.1) is 0 Å². The Kier molecular flexibility index (Phi) is 9.17. The van der Waals surface area contributed by atoms with E-state index in [1.54, 1.807) is 6.92 Å². The zero-order valence-electron chi connectivity index (χ0n) is 15.0. The number of aliphatic hydroxyl groups is 1. The largest absolute Gasteiger partial charge is 0.397 e. The summed E-state index contributed by atoms with van der Waals surface area (Å²) >= 11 is 0. The first-order chi connectivity index (χ1) is 10.5. The number of nitrogen functional groups attached to an aromatic ring is 1. The van der Waals surface area contributed by atoms with Crippen LogP contribution in [0.1, 0.15) is 51.2 Å². The maximum Gasteiger partial charge on any atom is 0.151 e. The summed E-state index contributed by atoms with van der Waals surface area (Å²) in [6.45, 7) is 15.0. The molecule has 0 fully saturated rings.